The Bertz CT molecular complexity index is 1340. The lowest BCUT2D eigenvalue weighted by molar-refractivity contribution is 0.0977. The minimum absolute atomic E-state index is 0.137. The SMILES string of the molecule is CC[C@H](C)c1ccc2oc(-c3ccc(Cl)c(NC(=S)NC(=O)c4ccc(Br)cc4)c3)nc2c1. The van der Waals surface area contributed by atoms with E-state index in [9.17, 15) is 4.79 Å². The zero-order valence-corrected chi connectivity index (χ0v) is 21.1. The third-order valence-electron chi connectivity index (χ3n) is 5.39. The van der Waals surface area contributed by atoms with Gasteiger partial charge in [0.05, 0.1) is 10.7 Å². The molecule has 0 saturated heterocycles. The summed E-state index contributed by atoms with van der Waals surface area (Å²) in [6.45, 7) is 4.36. The smallest absolute Gasteiger partial charge is 0.257 e. The number of aromatic nitrogens is 1. The van der Waals surface area contributed by atoms with Crippen LogP contribution in [0.25, 0.3) is 22.6 Å². The number of halogens is 2. The molecule has 4 aromatic rings. The number of nitrogens with one attached hydrogen (secondary N) is 2. The van der Waals surface area contributed by atoms with Crippen molar-refractivity contribution in [1.29, 1.82) is 0 Å². The first-order valence-corrected chi connectivity index (χ1v) is 12.0. The van der Waals surface area contributed by atoms with Gasteiger partial charge in [0.15, 0.2) is 10.7 Å². The quantitative estimate of drug-likeness (QED) is 0.255. The van der Waals surface area contributed by atoms with E-state index in [1.54, 1.807) is 36.4 Å². The lowest BCUT2D eigenvalue weighted by Crippen LogP contribution is -2.34. The number of hydrogen-bond donors (Lipinski definition) is 2. The Kier molecular flexibility index (Phi) is 7.12. The lowest BCUT2D eigenvalue weighted by Gasteiger charge is -2.12. The van der Waals surface area contributed by atoms with E-state index in [1.807, 2.05) is 12.1 Å². The Morgan fingerprint density at radius 1 is 1.15 bits per heavy atom. The Labute approximate surface area is 210 Å². The second kappa shape index (κ2) is 10.0. The average molecular weight is 543 g/mol. The van der Waals surface area contributed by atoms with Crippen molar-refractivity contribution in [2.45, 2.75) is 26.2 Å². The van der Waals surface area contributed by atoms with Crippen LogP contribution in [0, 0.1) is 0 Å². The zero-order valence-electron chi connectivity index (χ0n) is 18.0. The summed E-state index contributed by atoms with van der Waals surface area (Å²) in [4.78, 5) is 17.1. The number of carbonyl (C=O) groups excluding carboxylic acids is 1. The monoisotopic (exact) mass is 541 g/mol. The van der Waals surface area contributed by atoms with Gasteiger partial charge < -0.3 is 9.73 Å². The van der Waals surface area contributed by atoms with Crippen LogP contribution >= 0.6 is 39.7 Å². The molecule has 1 aromatic heterocycles. The summed E-state index contributed by atoms with van der Waals surface area (Å²) in [5.41, 5.74) is 4.53. The van der Waals surface area contributed by atoms with E-state index in [2.05, 4.69) is 57.5 Å². The number of thiocarbonyl (C=S) groups is 1. The summed E-state index contributed by atoms with van der Waals surface area (Å²) in [5.74, 6) is 0.619. The van der Waals surface area contributed by atoms with Gasteiger partial charge in [-0.3, -0.25) is 10.1 Å². The number of rotatable bonds is 5. The Hall–Kier alpha value is -2.74. The number of fused-ring (bicyclic) bond motifs is 1. The minimum Gasteiger partial charge on any atom is -0.436 e. The number of hydrogen-bond acceptors (Lipinski definition) is 4. The molecule has 0 fully saturated rings. The molecule has 8 heteroatoms. The molecule has 1 atom stereocenters. The highest BCUT2D eigenvalue weighted by molar-refractivity contribution is 9.10. The van der Waals surface area contributed by atoms with Crippen LogP contribution in [0.4, 0.5) is 5.69 Å². The molecule has 0 saturated carbocycles. The molecule has 3 aromatic carbocycles. The summed E-state index contributed by atoms with van der Waals surface area (Å²) in [7, 11) is 0. The first kappa shape index (κ1) is 23.4. The molecule has 0 aliphatic heterocycles. The van der Waals surface area contributed by atoms with Crippen molar-refractivity contribution >= 4 is 67.6 Å². The fourth-order valence-corrected chi connectivity index (χ4v) is 3.93. The van der Waals surface area contributed by atoms with Gasteiger partial charge in [0.25, 0.3) is 5.91 Å². The molecule has 0 bridgehead atoms. The topological polar surface area (TPSA) is 67.2 Å². The van der Waals surface area contributed by atoms with Gasteiger partial charge in [-0.2, -0.15) is 0 Å². The van der Waals surface area contributed by atoms with Crippen LogP contribution in [0.15, 0.2) is 69.6 Å². The second-order valence-corrected chi connectivity index (χ2v) is 9.40. The summed E-state index contributed by atoms with van der Waals surface area (Å²) < 4.78 is 6.85. The summed E-state index contributed by atoms with van der Waals surface area (Å²) in [5, 5.41) is 6.24. The van der Waals surface area contributed by atoms with Crippen molar-refractivity contribution in [3.63, 3.8) is 0 Å². The number of oxazole rings is 1. The van der Waals surface area contributed by atoms with Crippen LogP contribution in [0.3, 0.4) is 0 Å². The molecule has 5 nitrogen and oxygen atoms in total. The van der Waals surface area contributed by atoms with Crippen LogP contribution in [0.2, 0.25) is 5.02 Å². The van der Waals surface area contributed by atoms with Crippen LogP contribution in [-0.4, -0.2) is 16.0 Å². The molecule has 0 unspecified atom stereocenters. The van der Waals surface area contributed by atoms with E-state index in [0.29, 0.717) is 28.1 Å². The van der Waals surface area contributed by atoms with Crippen molar-refractivity contribution in [3.8, 4) is 11.5 Å². The van der Waals surface area contributed by atoms with Gasteiger partial charge in [0.2, 0.25) is 5.89 Å². The lowest BCUT2D eigenvalue weighted by atomic mass is 9.98. The molecule has 0 aliphatic rings. The number of amides is 1. The fraction of sp³-hybridized carbons (Fsp3) is 0.160. The van der Waals surface area contributed by atoms with Gasteiger partial charge in [-0.25, -0.2) is 4.98 Å². The normalized spacial score (nSPS) is 11.9. The maximum absolute atomic E-state index is 12.4. The fourth-order valence-electron chi connectivity index (χ4n) is 3.29. The summed E-state index contributed by atoms with van der Waals surface area (Å²) >= 11 is 15.0. The van der Waals surface area contributed by atoms with E-state index >= 15 is 0 Å². The van der Waals surface area contributed by atoms with Crippen LogP contribution < -0.4 is 10.6 Å². The molecule has 33 heavy (non-hydrogen) atoms. The molecule has 0 radical (unpaired) electrons. The Balaban J connectivity index is 1.53. The molecule has 4 rings (SSSR count). The first-order chi connectivity index (χ1) is 15.8. The summed E-state index contributed by atoms with van der Waals surface area (Å²) in [6, 6.07) is 18.4. The van der Waals surface area contributed by atoms with Gasteiger partial charge in [0, 0.05) is 15.6 Å². The Morgan fingerprint density at radius 2 is 1.91 bits per heavy atom. The van der Waals surface area contributed by atoms with Crippen molar-refractivity contribution in [2.24, 2.45) is 0 Å². The highest BCUT2D eigenvalue weighted by atomic mass is 79.9. The van der Waals surface area contributed by atoms with Crippen LogP contribution in [-0.2, 0) is 0 Å². The number of benzene rings is 3. The maximum atomic E-state index is 12.4. The van der Waals surface area contributed by atoms with Crippen LogP contribution in [0.1, 0.15) is 42.1 Å². The molecule has 1 amide bonds. The zero-order chi connectivity index (χ0) is 23.5. The molecular weight excluding hydrogens is 522 g/mol. The third-order valence-corrected chi connectivity index (χ3v) is 6.45. The highest BCUT2D eigenvalue weighted by Crippen LogP contribution is 2.31. The molecule has 0 spiro atoms. The third kappa shape index (κ3) is 5.43. The van der Waals surface area contributed by atoms with Crippen molar-refractivity contribution in [1.82, 2.24) is 10.3 Å². The van der Waals surface area contributed by atoms with E-state index in [-0.39, 0.29) is 11.0 Å². The molecule has 168 valence electrons. The predicted molar refractivity (Wildman–Crippen MR) is 141 cm³/mol. The Morgan fingerprint density at radius 3 is 2.64 bits per heavy atom. The van der Waals surface area contributed by atoms with E-state index in [4.69, 9.17) is 28.2 Å². The van der Waals surface area contributed by atoms with E-state index in [0.717, 1.165) is 27.6 Å². The molecule has 1 heterocycles. The summed E-state index contributed by atoms with van der Waals surface area (Å²) in [6.07, 6.45) is 1.06. The number of nitrogens with zero attached hydrogens (tertiary/aromatic N) is 1. The van der Waals surface area contributed by atoms with Crippen LogP contribution in [0.5, 0.6) is 0 Å². The van der Waals surface area contributed by atoms with Gasteiger partial charge in [-0.05, 0) is 84.7 Å². The van der Waals surface area contributed by atoms with Gasteiger partial charge >= 0.3 is 0 Å². The van der Waals surface area contributed by atoms with Gasteiger partial charge in [0.1, 0.15) is 5.52 Å². The number of anilines is 1. The van der Waals surface area contributed by atoms with Crippen molar-refractivity contribution < 1.29 is 9.21 Å². The van der Waals surface area contributed by atoms with E-state index < -0.39 is 0 Å². The molecule has 0 aliphatic carbocycles. The maximum Gasteiger partial charge on any atom is 0.257 e. The second-order valence-electron chi connectivity index (χ2n) is 7.67. The molecular formula is C25H21BrClN3O2S. The predicted octanol–water partition coefficient (Wildman–Crippen LogP) is 7.55. The minimum atomic E-state index is -0.316. The largest absolute Gasteiger partial charge is 0.436 e. The average Bonchev–Trinajstić information content (AvgIpc) is 3.23. The first-order valence-electron chi connectivity index (χ1n) is 10.4. The standard InChI is InChI=1S/C25H21BrClN3O2S/c1-3-14(2)16-7-11-22-21(12-16)28-24(32-22)17-6-10-19(27)20(13-17)29-25(33)30-23(31)15-4-8-18(26)9-5-15/h4-14H,3H2,1-2H3,(H2,29,30,31,33)/t14-/m0/s1. The highest BCUT2D eigenvalue weighted by Gasteiger charge is 2.14. The molecule has 2 N–H and O–H groups in total. The van der Waals surface area contributed by atoms with Gasteiger partial charge in [-0.1, -0.05) is 47.4 Å². The van der Waals surface area contributed by atoms with Crippen molar-refractivity contribution in [3.05, 3.63) is 81.3 Å². The number of carbonyl (C=O) groups is 1. The van der Waals surface area contributed by atoms with Crippen molar-refractivity contribution in [2.75, 3.05) is 5.32 Å². The van der Waals surface area contributed by atoms with Gasteiger partial charge in [-0.15, -0.1) is 0 Å². The van der Waals surface area contributed by atoms with E-state index in [1.165, 1.54) is 5.56 Å².